The van der Waals surface area contributed by atoms with E-state index in [-0.39, 0.29) is 5.56 Å². The smallest absolute Gasteiger partial charge is 0.251 e. The van der Waals surface area contributed by atoms with Crippen LogP contribution >= 0.6 is 15.9 Å². The molecule has 0 spiro atoms. The predicted octanol–water partition coefficient (Wildman–Crippen LogP) is 2.73. The Kier molecular flexibility index (Phi) is 3.42. The molecule has 21 heavy (non-hydrogen) atoms. The number of hydrogen-bond acceptors (Lipinski definition) is 3. The summed E-state index contributed by atoms with van der Waals surface area (Å²) < 4.78 is 8.33. The maximum absolute atomic E-state index is 12.2. The highest BCUT2D eigenvalue weighted by atomic mass is 79.9. The highest BCUT2D eigenvalue weighted by Gasteiger charge is 2.44. The Morgan fingerprint density at radius 2 is 2.05 bits per heavy atom. The van der Waals surface area contributed by atoms with Crippen LogP contribution in [0, 0.1) is 0 Å². The van der Waals surface area contributed by atoms with Crippen molar-refractivity contribution in [3.63, 3.8) is 0 Å². The Labute approximate surface area is 131 Å². The zero-order valence-corrected chi connectivity index (χ0v) is 13.4. The molecule has 0 saturated heterocycles. The second-order valence-electron chi connectivity index (χ2n) is 5.72. The van der Waals surface area contributed by atoms with Crippen molar-refractivity contribution in [3.05, 3.63) is 63.0 Å². The average molecular weight is 350 g/mol. The second-order valence-corrected chi connectivity index (χ2v) is 6.64. The lowest BCUT2D eigenvalue weighted by Gasteiger charge is -2.42. The molecule has 1 aromatic heterocycles. The zero-order chi connectivity index (χ0) is 15.2. The zero-order valence-electron chi connectivity index (χ0n) is 11.8. The van der Waals surface area contributed by atoms with E-state index in [1.54, 1.807) is 22.9 Å². The van der Waals surface area contributed by atoms with Crippen molar-refractivity contribution < 1.29 is 9.84 Å². The van der Waals surface area contributed by atoms with E-state index in [4.69, 9.17) is 4.74 Å². The van der Waals surface area contributed by atoms with Crippen molar-refractivity contribution in [2.45, 2.75) is 31.6 Å². The summed E-state index contributed by atoms with van der Waals surface area (Å²) in [4.78, 5) is 12.2. The van der Waals surface area contributed by atoms with Crippen LogP contribution in [0.25, 0.3) is 0 Å². The summed E-state index contributed by atoms with van der Waals surface area (Å²) in [5.74, 6) is 0.689. The van der Waals surface area contributed by atoms with E-state index in [1.807, 2.05) is 32.0 Å². The predicted molar refractivity (Wildman–Crippen MR) is 83.7 cm³/mol. The van der Waals surface area contributed by atoms with E-state index < -0.39 is 17.7 Å². The maximum atomic E-state index is 12.2. The van der Waals surface area contributed by atoms with Crippen LogP contribution in [-0.2, 0) is 0 Å². The number of aromatic nitrogens is 1. The number of rotatable bonds is 1. The van der Waals surface area contributed by atoms with Crippen LogP contribution in [0.3, 0.4) is 0 Å². The number of fused-ring (bicyclic) bond motifs is 1. The van der Waals surface area contributed by atoms with E-state index in [9.17, 15) is 9.90 Å². The first-order valence-electron chi connectivity index (χ1n) is 6.74. The molecular weight excluding hydrogens is 334 g/mol. The molecule has 2 heterocycles. The molecule has 0 bridgehead atoms. The molecule has 2 aromatic rings. The third-order valence-electron chi connectivity index (χ3n) is 3.83. The van der Waals surface area contributed by atoms with Gasteiger partial charge in [-0.05, 0) is 38.1 Å². The number of pyridine rings is 1. The Hall–Kier alpha value is -1.59. The normalized spacial score (nSPS) is 23.2. The van der Waals surface area contributed by atoms with Gasteiger partial charge in [-0.25, -0.2) is 0 Å². The van der Waals surface area contributed by atoms with Gasteiger partial charge in [-0.1, -0.05) is 22.0 Å². The largest absolute Gasteiger partial charge is 0.485 e. The monoisotopic (exact) mass is 349 g/mol. The van der Waals surface area contributed by atoms with E-state index >= 15 is 0 Å². The minimum atomic E-state index is -0.834. The van der Waals surface area contributed by atoms with Gasteiger partial charge in [-0.15, -0.1) is 0 Å². The highest BCUT2D eigenvalue weighted by Crippen LogP contribution is 2.42. The van der Waals surface area contributed by atoms with Gasteiger partial charge in [0.1, 0.15) is 17.5 Å². The van der Waals surface area contributed by atoms with Crippen LogP contribution in [0.4, 0.5) is 0 Å². The maximum Gasteiger partial charge on any atom is 0.251 e. The lowest BCUT2D eigenvalue weighted by molar-refractivity contribution is -0.0643. The number of aliphatic hydroxyl groups is 1. The van der Waals surface area contributed by atoms with Gasteiger partial charge in [0.05, 0.1) is 6.04 Å². The number of hydrogen-bond donors (Lipinski definition) is 1. The van der Waals surface area contributed by atoms with E-state index in [0.717, 1.165) is 10.0 Å². The van der Waals surface area contributed by atoms with Crippen LogP contribution < -0.4 is 10.3 Å². The average Bonchev–Trinajstić information content (AvgIpc) is 2.42. The third-order valence-corrected chi connectivity index (χ3v) is 4.32. The fourth-order valence-corrected chi connectivity index (χ4v) is 3.09. The lowest BCUT2D eigenvalue weighted by Crippen LogP contribution is -2.52. The molecule has 2 unspecified atom stereocenters. The number of benzene rings is 1. The first-order chi connectivity index (χ1) is 9.90. The summed E-state index contributed by atoms with van der Waals surface area (Å²) in [6.07, 6.45) is 0.863. The first kappa shape index (κ1) is 14.4. The van der Waals surface area contributed by atoms with Gasteiger partial charge in [0, 0.05) is 22.3 Å². The van der Waals surface area contributed by atoms with Gasteiger partial charge in [0.25, 0.3) is 5.56 Å². The van der Waals surface area contributed by atoms with Crippen molar-refractivity contribution in [1.82, 2.24) is 4.57 Å². The van der Waals surface area contributed by atoms with Crippen molar-refractivity contribution >= 4 is 15.9 Å². The molecular formula is C16H16BrNO3. The number of aliphatic hydroxyl groups excluding tert-OH is 1. The molecule has 0 saturated carbocycles. The van der Waals surface area contributed by atoms with Crippen LogP contribution in [0.1, 0.15) is 25.5 Å². The van der Waals surface area contributed by atoms with Gasteiger partial charge < -0.3 is 14.4 Å². The van der Waals surface area contributed by atoms with Gasteiger partial charge >= 0.3 is 0 Å². The molecule has 0 fully saturated rings. The fraction of sp³-hybridized carbons (Fsp3) is 0.312. The molecule has 1 aromatic carbocycles. The van der Waals surface area contributed by atoms with Gasteiger partial charge in [-0.2, -0.15) is 0 Å². The van der Waals surface area contributed by atoms with E-state index in [1.165, 1.54) is 6.07 Å². The summed E-state index contributed by atoms with van der Waals surface area (Å²) in [5, 5.41) is 10.7. The van der Waals surface area contributed by atoms with Gasteiger partial charge in [0.2, 0.25) is 0 Å². The summed E-state index contributed by atoms with van der Waals surface area (Å²) in [7, 11) is 0. The van der Waals surface area contributed by atoms with E-state index in [2.05, 4.69) is 15.9 Å². The Morgan fingerprint density at radius 1 is 1.29 bits per heavy atom. The Balaban J connectivity index is 2.25. The quantitative estimate of drug-likeness (QED) is 0.861. The number of nitrogens with zero attached hydrogens (tertiary/aromatic N) is 1. The summed E-state index contributed by atoms with van der Waals surface area (Å²) in [6.45, 7) is 3.65. The van der Waals surface area contributed by atoms with Crippen LogP contribution in [0.15, 0.2) is 51.9 Å². The molecule has 110 valence electrons. The first-order valence-corrected chi connectivity index (χ1v) is 7.53. The fourth-order valence-electron chi connectivity index (χ4n) is 2.71. The van der Waals surface area contributed by atoms with Crippen molar-refractivity contribution in [2.24, 2.45) is 0 Å². The van der Waals surface area contributed by atoms with Crippen molar-refractivity contribution in [2.75, 3.05) is 0 Å². The molecule has 1 N–H and O–H groups in total. The molecule has 2 atom stereocenters. The SMILES string of the molecule is CC1(C)Oc2ccc(Br)cc2C(n2ccccc2=O)C1O. The Morgan fingerprint density at radius 3 is 2.76 bits per heavy atom. The molecule has 0 aliphatic carbocycles. The van der Waals surface area contributed by atoms with Crippen molar-refractivity contribution in [1.29, 1.82) is 0 Å². The lowest BCUT2D eigenvalue weighted by atomic mass is 9.86. The molecule has 0 amide bonds. The molecule has 0 radical (unpaired) electrons. The molecule has 3 rings (SSSR count). The standard InChI is InChI=1S/C16H16BrNO3/c1-16(2)15(20)14(18-8-4-3-5-13(18)19)11-9-10(17)6-7-12(11)21-16/h3-9,14-15,20H,1-2H3. The summed E-state index contributed by atoms with van der Waals surface area (Å²) in [5.41, 5.74) is -0.129. The molecule has 1 aliphatic heterocycles. The topological polar surface area (TPSA) is 51.5 Å². The van der Waals surface area contributed by atoms with Crippen LogP contribution in [0.2, 0.25) is 0 Å². The minimum absolute atomic E-state index is 0.148. The molecule has 5 heteroatoms. The van der Waals surface area contributed by atoms with Gasteiger partial charge in [-0.3, -0.25) is 4.79 Å². The molecule has 1 aliphatic rings. The van der Waals surface area contributed by atoms with Crippen LogP contribution in [-0.4, -0.2) is 21.4 Å². The van der Waals surface area contributed by atoms with Gasteiger partial charge in [0.15, 0.2) is 0 Å². The van der Waals surface area contributed by atoms with Crippen molar-refractivity contribution in [3.8, 4) is 5.75 Å². The number of halogens is 1. The number of ether oxygens (including phenoxy) is 1. The minimum Gasteiger partial charge on any atom is -0.485 e. The second kappa shape index (κ2) is 5.00. The summed E-state index contributed by atoms with van der Waals surface area (Å²) in [6, 6.07) is 10.1. The molecule has 4 nitrogen and oxygen atoms in total. The van der Waals surface area contributed by atoms with Crippen LogP contribution in [0.5, 0.6) is 5.75 Å². The third kappa shape index (κ3) is 2.40. The summed E-state index contributed by atoms with van der Waals surface area (Å²) >= 11 is 3.43. The van der Waals surface area contributed by atoms with E-state index in [0.29, 0.717) is 5.75 Å². The highest BCUT2D eigenvalue weighted by molar-refractivity contribution is 9.10. The Bertz CT molecular complexity index is 738.